The third kappa shape index (κ3) is 4.41. The van der Waals surface area contributed by atoms with Crippen LogP contribution in [0.4, 0.5) is 8.78 Å². The largest absolute Gasteiger partial charge is 0.385 e. The summed E-state index contributed by atoms with van der Waals surface area (Å²) >= 11 is 0. The van der Waals surface area contributed by atoms with Crippen LogP contribution in [0, 0.1) is 11.6 Å². The van der Waals surface area contributed by atoms with Gasteiger partial charge >= 0.3 is 0 Å². The number of fused-ring (bicyclic) bond motifs is 1. The number of amides is 4. The van der Waals surface area contributed by atoms with Crippen LogP contribution in [0.5, 0.6) is 0 Å². The van der Waals surface area contributed by atoms with E-state index in [-0.39, 0.29) is 66.8 Å². The van der Waals surface area contributed by atoms with E-state index in [4.69, 9.17) is 4.74 Å². The molecule has 0 N–H and O–H groups in total. The van der Waals surface area contributed by atoms with E-state index in [1.165, 1.54) is 29.2 Å². The Labute approximate surface area is 194 Å². The van der Waals surface area contributed by atoms with E-state index in [0.717, 1.165) is 17.0 Å². The molecule has 2 aromatic carbocycles. The Morgan fingerprint density at radius 3 is 1.97 bits per heavy atom. The number of nitrogens with zero attached hydrogens (tertiary/aromatic N) is 3. The highest BCUT2D eigenvalue weighted by Gasteiger charge is 2.36. The molecular formula is C24H23F2N3O5. The molecule has 2 aliphatic heterocycles. The first kappa shape index (κ1) is 23.5. The molecule has 4 rings (SSSR count). The molecule has 0 bridgehead atoms. The van der Waals surface area contributed by atoms with Crippen LogP contribution in [0.3, 0.4) is 0 Å². The highest BCUT2D eigenvalue weighted by molar-refractivity contribution is 6.22. The van der Waals surface area contributed by atoms with E-state index in [1.807, 2.05) is 0 Å². The van der Waals surface area contributed by atoms with Crippen molar-refractivity contribution in [1.82, 2.24) is 14.7 Å². The second-order valence-corrected chi connectivity index (χ2v) is 8.08. The maximum absolute atomic E-state index is 13.5. The van der Waals surface area contributed by atoms with E-state index in [0.29, 0.717) is 13.0 Å². The van der Waals surface area contributed by atoms with Gasteiger partial charge in [-0.3, -0.25) is 24.1 Å². The Morgan fingerprint density at radius 1 is 0.824 bits per heavy atom. The number of rotatable bonds is 6. The van der Waals surface area contributed by atoms with Gasteiger partial charge in [-0.15, -0.1) is 0 Å². The fourth-order valence-corrected chi connectivity index (χ4v) is 4.10. The lowest BCUT2D eigenvalue weighted by Crippen LogP contribution is -2.50. The van der Waals surface area contributed by atoms with Crippen LogP contribution < -0.4 is 0 Å². The first-order valence-corrected chi connectivity index (χ1v) is 10.8. The summed E-state index contributed by atoms with van der Waals surface area (Å²) in [6.45, 7) is 1.57. The first-order chi connectivity index (χ1) is 16.3. The zero-order valence-electron chi connectivity index (χ0n) is 18.6. The average Bonchev–Trinajstić information content (AvgIpc) is 3.09. The van der Waals surface area contributed by atoms with E-state index < -0.39 is 23.4 Å². The minimum atomic E-state index is -1.10. The topological polar surface area (TPSA) is 87.2 Å². The molecule has 178 valence electrons. The summed E-state index contributed by atoms with van der Waals surface area (Å²) in [7, 11) is 1.54. The van der Waals surface area contributed by atoms with Gasteiger partial charge in [-0.05, 0) is 42.8 Å². The fourth-order valence-electron chi connectivity index (χ4n) is 4.10. The van der Waals surface area contributed by atoms with Crippen LogP contribution in [-0.2, 0) is 4.74 Å². The highest BCUT2D eigenvalue weighted by Crippen LogP contribution is 2.25. The van der Waals surface area contributed by atoms with Crippen molar-refractivity contribution in [1.29, 1.82) is 0 Å². The second-order valence-electron chi connectivity index (χ2n) is 8.08. The number of carbonyl (C=O) groups excluding carboxylic acids is 4. The number of piperazine rings is 1. The number of imide groups is 1. The Morgan fingerprint density at radius 2 is 1.38 bits per heavy atom. The lowest BCUT2D eigenvalue weighted by atomic mass is 10.0. The number of methoxy groups -OCH3 is 1. The van der Waals surface area contributed by atoms with E-state index >= 15 is 0 Å². The van der Waals surface area contributed by atoms with Crippen molar-refractivity contribution in [3.05, 3.63) is 70.3 Å². The molecule has 0 aliphatic carbocycles. The summed E-state index contributed by atoms with van der Waals surface area (Å²) in [6, 6.07) is 7.43. The monoisotopic (exact) mass is 471 g/mol. The molecule has 4 amide bonds. The van der Waals surface area contributed by atoms with Gasteiger partial charge in [0.25, 0.3) is 23.6 Å². The molecule has 0 aromatic heterocycles. The molecule has 10 heteroatoms. The van der Waals surface area contributed by atoms with Gasteiger partial charge in [-0.2, -0.15) is 0 Å². The normalized spacial score (nSPS) is 15.7. The SMILES string of the molecule is COCCCN1C(=O)c2ccc(C(=O)N3CCN(C(=O)c4ccc(F)c(F)c4)CC3)cc2C1=O. The number of halogens is 2. The van der Waals surface area contributed by atoms with Crippen molar-refractivity contribution < 1.29 is 32.7 Å². The Balaban J connectivity index is 1.40. The van der Waals surface area contributed by atoms with Crippen molar-refractivity contribution in [2.45, 2.75) is 6.42 Å². The quantitative estimate of drug-likeness (QED) is 0.476. The molecule has 0 saturated carbocycles. The van der Waals surface area contributed by atoms with Gasteiger partial charge in [0.1, 0.15) is 0 Å². The Bertz CT molecular complexity index is 1160. The molecule has 2 aliphatic rings. The highest BCUT2D eigenvalue weighted by atomic mass is 19.2. The van der Waals surface area contributed by atoms with Crippen molar-refractivity contribution in [3.63, 3.8) is 0 Å². The van der Waals surface area contributed by atoms with Gasteiger partial charge in [-0.1, -0.05) is 0 Å². The summed E-state index contributed by atoms with van der Waals surface area (Å²) in [5.41, 5.74) is 0.774. The number of ether oxygens (including phenoxy) is 1. The average molecular weight is 471 g/mol. The lowest BCUT2D eigenvalue weighted by Gasteiger charge is -2.35. The zero-order valence-corrected chi connectivity index (χ0v) is 18.6. The second kappa shape index (κ2) is 9.68. The van der Waals surface area contributed by atoms with Crippen LogP contribution in [0.1, 0.15) is 47.9 Å². The number of carbonyl (C=O) groups is 4. The molecule has 1 fully saturated rings. The summed E-state index contributed by atoms with van der Waals surface area (Å²) < 4.78 is 31.6. The molecule has 8 nitrogen and oxygen atoms in total. The van der Waals surface area contributed by atoms with Crippen molar-refractivity contribution in [2.75, 3.05) is 46.4 Å². The van der Waals surface area contributed by atoms with Gasteiger partial charge in [0.2, 0.25) is 0 Å². The summed E-state index contributed by atoms with van der Waals surface area (Å²) in [5, 5.41) is 0. The van der Waals surface area contributed by atoms with Crippen molar-refractivity contribution in [2.24, 2.45) is 0 Å². The molecule has 2 heterocycles. The van der Waals surface area contributed by atoms with Gasteiger partial charge in [-0.25, -0.2) is 8.78 Å². The predicted molar refractivity (Wildman–Crippen MR) is 116 cm³/mol. The number of hydrogen-bond donors (Lipinski definition) is 0. The van der Waals surface area contributed by atoms with Crippen LogP contribution in [0.15, 0.2) is 36.4 Å². The first-order valence-electron chi connectivity index (χ1n) is 10.8. The molecule has 2 aromatic rings. The predicted octanol–water partition coefficient (Wildman–Crippen LogP) is 2.20. The molecular weight excluding hydrogens is 448 g/mol. The van der Waals surface area contributed by atoms with Gasteiger partial charge in [0, 0.05) is 57.6 Å². The number of benzene rings is 2. The lowest BCUT2D eigenvalue weighted by molar-refractivity contribution is 0.0535. The minimum absolute atomic E-state index is 0.0375. The molecule has 0 radical (unpaired) electrons. The van der Waals surface area contributed by atoms with Gasteiger partial charge in [0.15, 0.2) is 11.6 Å². The zero-order chi connectivity index (χ0) is 24.4. The van der Waals surface area contributed by atoms with Gasteiger partial charge < -0.3 is 14.5 Å². The van der Waals surface area contributed by atoms with Crippen LogP contribution >= 0.6 is 0 Å². The fraction of sp³-hybridized carbons (Fsp3) is 0.333. The summed E-state index contributed by atoms with van der Waals surface area (Å²) in [6.07, 6.45) is 0.515. The molecule has 0 atom stereocenters. The van der Waals surface area contributed by atoms with Gasteiger partial charge in [0.05, 0.1) is 11.1 Å². The molecule has 1 saturated heterocycles. The maximum atomic E-state index is 13.5. The molecule has 0 unspecified atom stereocenters. The minimum Gasteiger partial charge on any atom is -0.385 e. The Kier molecular flexibility index (Phi) is 6.69. The number of hydrogen-bond acceptors (Lipinski definition) is 5. The Hall–Kier alpha value is -3.66. The summed E-state index contributed by atoms with van der Waals surface area (Å²) in [5.74, 6) is -3.71. The molecule has 34 heavy (non-hydrogen) atoms. The van der Waals surface area contributed by atoms with Crippen LogP contribution in [-0.4, -0.2) is 84.8 Å². The standard InChI is InChI=1S/C24H23F2N3O5/c1-34-12-2-7-29-23(32)17-5-3-15(13-18(17)24(29)33)21(30)27-8-10-28(11-9-27)22(31)16-4-6-19(25)20(26)14-16/h3-6,13-14H,2,7-12H2,1H3. The smallest absolute Gasteiger partial charge is 0.261 e. The van der Waals surface area contributed by atoms with E-state index in [2.05, 4.69) is 0 Å². The van der Waals surface area contributed by atoms with Crippen molar-refractivity contribution in [3.8, 4) is 0 Å². The van der Waals surface area contributed by atoms with Crippen molar-refractivity contribution >= 4 is 23.6 Å². The van der Waals surface area contributed by atoms with Crippen LogP contribution in [0.2, 0.25) is 0 Å². The maximum Gasteiger partial charge on any atom is 0.261 e. The summed E-state index contributed by atoms with van der Waals surface area (Å²) in [4.78, 5) is 55.0. The van der Waals surface area contributed by atoms with E-state index in [9.17, 15) is 28.0 Å². The molecule has 0 spiro atoms. The third-order valence-corrected chi connectivity index (χ3v) is 5.97. The third-order valence-electron chi connectivity index (χ3n) is 5.97. The van der Waals surface area contributed by atoms with Crippen LogP contribution in [0.25, 0.3) is 0 Å². The van der Waals surface area contributed by atoms with E-state index in [1.54, 1.807) is 12.0 Å².